The molecule has 1 heterocycles. The van der Waals surface area contributed by atoms with Crippen LogP contribution in [0.2, 0.25) is 0 Å². The van der Waals surface area contributed by atoms with E-state index in [1.165, 1.54) is 22.9 Å². The molecule has 0 aliphatic rings. The number of rotatable bonds is 2. The van der Waals surface area contributed by atoms with Gasteiger partial charge in [0, 0.05) is 7.05 Å². The Kier molecular flexibility index (Phi) is 3.24. The van der Waals surface area contributed by atoms with E-state index in [2.05, 4.69) is 18.9 Å². The summed E-state index contributed by atoms with van der Waals surface area (Å²) in [7, 11) is 1.47. The standard InChI is InChI=1S/C15H21N3O2/c1-9-7-8-12(11(3)10(9)2)15(4,5)18-14(20)17(6)13(19)16-18/h7-8H,1-6H3,(H,16,19). The molecule has 1 N–H and O–H groups in total. The minimum atomic E-state index is -0.611. The molecule has 0 amide bonds. The number of aryl methyl sites for hydroxylation is 1. The largest absolute Gasteiger partial charge is 0.347 e. The monoisotopic (exact) mass is 275 g/mol. The average Bonchev–Trinajstić information content (AvgIpc) is 2.64. The van der Waals surface area contributed by atoms with Crippen LogP contribution in [0, 0.1) is 20.8 Å². The van der Waals surface area contributed by atoms with Crippen molar-refractivity contribution in [3.05, 3.63) is 55.4 Å². The Morgan fingerprint density at radius 1 is 1.05 bits per heavy atom. The first-order valence-electron chi connectivity index (χ1n) is 6.63. The average molecular weight is 275 g/mol. The second-order valence-corrected chi connectivity index (χ2v) is 5.83. The number of benzene rings is 1. The zero-order valence-corrected chi connectivity index (χ0v) is 12.9. The maximum absolute atomic E-state index is 12.2. The van der Waals surface area contributed by atoms with Crippen LogP contribution in [0.1, 0.15) is 36.1 Å². The van der Waals surface area contributed by atoms with Gasteiger partial charge in [0.25, 0.3) is 0 Å². The molecule has 0 spiro atoms. The van der Waals surface area contributed by atoms with E-state index in [1.807, 2.05) is 32.9 Å². The molecule has 0 saturated heterocycles. The molecule has 1 aromatic carbocycles. The second-order valence-electron chi connectivity index (χ2n) is 5.83. The molecule has 5 heteroatoms. The van der Waals surface area contributed by atoms with Gasteiger partial charge in [-0.2, -0.15) is 0 Å². The Hall–Kier alpha value is -2.04. The summed E-state index contributed by atoms with van der Waals surface area (Å²) in [6.45, 7) is 10.0. The SMILES string of the molecule is Cc1ccc(C(C)(C)n2[nH]c(=O)n(C)c2=O)c(C)c1C. The Labute approximate surface area is 117 Å². The second kappa shape index (κ2) is 4.51. The molecule has 0 saturated carbocycles. The van der Waals surface area contributed by atoms with Gasteiger partial charge in [-0.3, -0.25) is 0 Å². The lowest BCUT2D eigenvalue weighted by Gasteiger charge is -2.28. The highest BCUT2D eigenvalue weighted by Gasteiger charge is 2.29. The van der Waals surface area contributed by atoms with Gasteiger partial charge in [0.1, 0.15) is 0 Å². The summed E-state index contributed by atoms with van der Waals surface area (Å²) in [6.07, 6.45) is 0. The molecule has 0 aliphatic heterocycles. The van der Waals surface area contributed by atoms with E-state index in [0.717, 1.165) is 15.7 Å². The van der Waals surface area contributed by atoms with Crippen molar-refractivity contribution in [3.8, 4) is 0 Å². The summed E-state index contributed by atoms with van der Waals surface area (Å²) in [5.74, 6) is 0. The highest BCUT2D eigenvalue weighted by molar-refractivity contribution is 5.42. The van der Waals surface area contributed by atoms with Crippen molar-refractivity contribution in [3.63, 3.8) is 0 Å². The number of hydrogen-bond donors (Lipinski definition) is 1. The third-order valence-corrected chi connectivity index (χ3v) is 4.27. The number of aromatic amines is 1. The normalized spacial score (nSPS) is 11.9. The summed E-state index contributed by atoms with van der Waals surface area (Å²) in [5, 5.41) is 2.62. The van der Waals surface area contributed by atoms with E-state index >= 15 is 0 Å². The zero-order valence-electron chi connectivity index (χ0n) is 12.9. The van der Waals surface area contributed by atoms with Gasteiger partial charge in [-0.15, -0.1) is 0 Å². The predicted octanol–water partition coefficient (Wildman–Crippen LogP) is 1.58. The van der Waals surface area contributed by atoms with Gasteiger partial charge in [0.2, 0.25) is 0 Å². The molecule has 2 aromatic rings. The Bertz CT molecular complexity index is 775. The van der Waals surface area contributed by atoms with E-state index in [4.69, 9.17) is 0 Å². The third-order valence-electron chi connectivity index (χ3n) is 4.27. The van der Waals surface area contributed by atoms with Crippen molar-refractivity contribution in [1.82, 2.24) is 14.3 Å². The van der Waals surface area contributed by atoms with Gasteiger partial charge in [-0.1, -0.05) is 12.1 Å². The molecule has 0 unspecified atom stereocenters. The first-order valence-corrected chi connectivity index (χ1v) is 6.63. The highest BCUT2D eigenvalue weighted by Crippen LogP contribution is 2.29. The van der Waals surface area contributed by atoms with Crippen LogP contribution in [0.15, 0.2) is 21.7 Å². The lowest BCUT2D eigenvalue weighted by molar-refractivity contribution is 0.372. The van der Waals surface area contributed by atoms with Crippen molar-refractivity contribution < 1.29 is 0 Å². The molecule has 108 valence electrons. The lowest BCUT2D eigenvalue weighted by Crippen LogP contribution is -2.39. The Morgan fingerprint density at radius 3 is 2.15 bits per heavy atom. The molecule has 1 aromatic heterocycles. The van der Waals surface area contributed by atoms with E-state index in [0.29, 0.717) is 0 Å². The van der Waals surface area contributed by atoms with Crippen molar-refractivity contribution in [2.75, 3.05) is 0 Å². The molecular weight excluding hydrogens is 254 g/mol. The van der Waals surface area contributed by atoms with Gasteiger partial charge >= 0.3 is 11.4 Å². The Balaban J connectivity index is 2.73. The molecule has 0 fully saturated rings. The van der Waals surface area contributed by atoms with Crippen LogP contribution in [0.5, 0.6) is 0 Å². The summed E-state index contributed by atoms with van der Waals surface area (Å²) in [4.78, 5) is 23.8. The number of nitrogens with zero attached hydrogens (tertiary/aromatic N) is 2. The van der Waals surface area contributed by atoms with Crippen molar-refractivity contribution in [2.24, 2.45) is 7.05 Å². The minimum Gasteiger partial charge on any atom is -0.246 e. The van der Waals surface area contributed by atoms with E-state index in [1.54, 1.807) is 0 Å². The number of H-pyrrole nitrogens is 1. The van der Waals surface area contributed by atoms with E-state index in [-0.39, 0.29) is 5.69 Å². The Morgan fingerprint density at radius 2 is 1.65 bits per heavy atom. The fourth-order valence-corrected chi connectivity index (χ4v) is 2.57. The van der Waals surface area contributed by atoms with E-state index in [9.17, 15) is 9.59 Å². The van der Waals surface area contributed by atoms with Crippen molar-refractivity contribution in [2.45, 2.75) is 40.2 Å². The first kappa shape index (κ1) is 14.4. The summed E-state index contributed by atoms with van der Waals surface area (Å²) < 4.78 is 2.48. The van der Waals surface area contributed by atoms with Gasteiger partial charge in [-0.05, 0) is 56.9 Å². The number of aromatic nitrogens is 3. The van der Waals surface area contributed by atoms with Crippen LogP contribution < -0.4 is 11.4 Å². The summed E-state index contributed by atoms with van der Waals surface area (Å²) >= 11 is 0. The molecule has 0 aliphatic carbocycles. The quantitative estimate of drug-likeness (QED) is 0.904. The number of hydrogen-bond acceptors (Lipinski definition) is 2. The molecule has 5 nitrogen and oxygen atoms in total. The summed E-state index contributed by atoms with van der Waals surface area (Å²) in [6, 6.07) is 4.07. The topological polar surface area (TPSA) is 59.8 Å². The molecule has 2 rings (SSSR count). The van der Waals surface area contributed by atoms with Crippen LogP contribution in [-0.2, 0) is 12.6 Å². The molecular formula is C15H21N3O2. The van der Waals surface area contributed by atoms with Crippen LogP contribution >= 0.6 is 0 Å². The molecule has 0 atom stereocenters. The van der Waals surface area contributed by atoms with E-state index < -0.39 is 11.2 Å². The zero-order chi connectivity index (χ0) is 15.2. The van der Waals surface area contributed by atoms with Gasteiger partial charge in [0.15, 0.2) is 0 Å². The van der Waals surface area contributed by atoms with Crippen LogP contribution in [0.3, 0.4) is 0 Å². The minimum absolute atomic E-state index is 0.336. The maximum Gasteiger partial charge on any atom is 0.347 e. The predicted molar refractivity (Wildman–Crippen MR) is 79.4 cm³/mol. The first-order chi connectivity index (χ1) is 9.17. The fraction of sp³-hybridized carbons (Fsp3) is 0.467. The summed E-state index contributed by atoms with van der Waals surface area (Å²) in [5.41, 5.74) is 3.26. The van der Waals surface area contributed by atoms with Gasteiger partial charge < -0.3 is 0 Å². The fourth-order valence-electron chi connectivity index (χ4n) is 2.57. The molecule has 20 heavy (non-hydrogen) atoms. The van der Waals surface area contributed by atoms with Crippen molar-refractivity contribution >= 4 is 0 Å². The van der Waals surface area contributed by atoms with Gasteiger partial charge in [0.05, 0.1) is 5.54 Å². The smallest absolute Gasteiger partial charge is 0.246 e. The molecule has 0 radical (unpaired) electrons. The van der Waals surface area contributed by atoms with Crippen LogP contribution in [0.4, 0.5) is 0 Å². The van der Waals surface area contributed by atoms with Crippen molar-refractivity contribution in [1.29, 1.82) is 0 Å². The van der Waals surface area contributed by atoms with Crippen LogP contribution in [0.25, 0.3) is 0 Å². The van der Waals surface area contributed by atoms with Gasteiger partial charge in [-0.25, -0.2) is 23.9 Å². The number of nitrogens with one attached hydrogen (secondary N) is 1. The van der Waals surface area contributed by atoms with Crippen LogP contribution in [-0.4, -0.2) is 14.3 Å². The highest BCUT2D eigenvalue weighted by atomic mass is 16.2. The molecule has 0 bridgehead atoms. The third kappa shape index (κ3) is 1.94. The maximum atomic E-state index is 12.2. The lowest BCUT2D eigenvalue weighted by atomic mass is 9.87.